The molecule has 2 aromatic rings. The molecular weight excluding hydrogens is 398 g/mol. The first-order valence-corrected chi connectivity index (χ1v) is 9.12. The highest BCUT2D eigenvalue weighted by molar-refractivity contribution is 6.32. The second kappa shape index (κ2) is 9.11. The minimum Gasteiger partial charge on any atom is -0.490 e. The molecule has 0 atom stereocenters. The van der Waals surface area contributed by atoms with Crippen molar-refractivity contribution in [3.63, 3.8) is 0 Å². The van der Waals surface area contributed by atoms with Crippen molar-refractivity contribution in [1.82, 2.24) is 10.6 Å². The maximum atomic E-state index is 12.1. The first-order chi connectivity index (χ1) is 14.0. The number of imide groups is 1. The Morgan fingerprint density at radius 2 is 1.90 bits per heavy atom. The molecule has 3 N–H and O–H groups in total. The van der Waals surface area contributed by atoms with E-state index in [0.717, 1.165) is 0 Å². The van der Waals surface area contributed by atoms with Gasteiger partial charge in [-0.05, 0) is 42.8 Å². The Hall–Kier alpha value is -3.52. The van der Waals surface area contributed by atoms with Gasteiger partial charge in [0.1, 0.15) is 5.70 Å². The van der Waals surface area contributed by atoms with Gasteiger partial charge in [0.15, 0.2) is 18.1 Å². The molecule has 0 spiro atoms. The zero-order chi connectivity index (χ0) is 20.8. The molecule has 0 saturated carbocycles. The maximum absolute atomic E-state index is 12.1. The SMILES string of the molecule is CCOc1cc(/C=C2/NC(=O)NC2=O)cc(Cl)c1OCC(=O)Nc1ccccc1. The van der Waals surface area contributed by atoms with E-state index < -0.39 is 11.9 Å². The summed E-state index contributed by atoms with van der Waals surface area (Å²) in [6.45, 7) is 1.85. The van der Waals surface area contributed by atoms with Crippen LogP contribution in [0.4, 0.5) is 10.5 Å². The van der Waals surface area contributed by atoms with Crippen molar-refractivity contribution < 1.29 is 23.9 Å². The lowest BCUT2D eigenvalue weighted by atomic mass is 10.1. The number of amides is 4. The normalized spacial score (nSPS) is 14.3. The number of hydrogen-bond acceptors (Lipinski definition) is 5. The van der Waals surface area contributed by atoms with Gasteiger partial charge in [0, 0.05) is 5.69 Å². The van der Waals surface area contributed by atoms with Gasteiger partial charge in [0.05, 0.1) is 11.6 Å². The minimum absolute atomic E-state index is 0.0874. The summed E-state index contributed by atoms with van der Waals surface area (Å²) < 4.78 is 11.1. The van der Waals surface area contributed by atoms with Crippen molar-refractivity contribution in [3.05, 3.63) is 58.7 Å². The highest BCUT2D eigenvalue weighted by Gasteiger charge is 2.23. The van der Waals surface area contributed by atoms with Crippen molar-refractivity contribution >= 4 is 41.2 Å². The lowest BCUT2D eigenvalue weighted by Crippen LogP contribution is -2.22. The zero-order valence-corrected chi connectivity index (χ0v) is 16.2. The van der Waals surface area contributed by atoms with E-state index in [0.29, 0.717) is 23.6 Å². The topological polar surface area (TPSA) is 106 Å². The number of rotatable bonds is 7. The van der Waals surface area contributed by atoms with Crippen LogP contribution in [0.5, 0.6) is 11.5 Å². The molecule has 4 amide bonds. The van der Waals surface area contributed by atoms with Crippen LogP contribution in [0.3, 0.4) is 0 Å². The van der Waals surface area contributed by atoms with E-state index >= 15 is 0 Å². The molecule has 150 valence electrons. The monoisotopic (exact) mass is 415 g/mol. The number of carbonyl (C=O) groups is 3. The molecule has 1 aliphatic rings. The van der Waals surface area contributed by atoms with Gasteiger partial charge in [-0.2, -0.15) is 0 Å². The number of para-hydroxylation sites is 1. The second-order valence-electron chi connectivity index (χ2n) is 5.93. The Morgan fingerprint density at radius 3 is 2.55 bits per heavy atom. The average Bonchev–Trinajstić information content (AvgIpc) is 2.99. The van der Waals surface area contributed by atoms with Gasteiger partial charge in [0.2, 0.25) is 0 Å². The Morgan fingerprint density at radius 1 is 1.14 bits per heavy atom. The van der Waals surface area contributed by atoms with Crippen molar-refractivity contribution in [2.75, 3.05) is 18.5 Å². The van der Waals surface area contributed by atoms with E-state index in [1.807, 2.05) is 6.07 Å². The first kappa shape index (κ1) is 20.2. The van der Waals surface area contributed by atoms with Crippen LogP contribution >= 0.6 is 11.6 Å². The molecule has 3 rings (SSSR count). The average molecular weight is 416 g/mol. The summed E-state index contributed by atoms with van der Waals surface area (Å²) in [5, 5.41) is 7.41. The van der Waals surface area contributed by atoms with Gasteiger partial charge in [-0.15, -0.1) is 0 Å². The van der Waals surface area contributed by atoms with Gasteiger partial charge in [-0.25, -0.2) is 4.79 Å². The van der Waals surface area contributed by atoms with Gasteiger partial charge in [-0.1, -0.05) is 29.8 Å². The molecule has 0 bridgehead atoms. The van der Waals surface area contributed by atoms with Gasteiger partial charge in [0.25, 0.3) is 11.8 Å². The third-order valence-corrected chi connectivity index (χ3v) is 4.05. The van der Waals surface area contributed by atoms with Crippen LogP contribution in [0.15, 0.2) is 48.2 Å². The van der Waals surface area contributed by atoms with Crippen molar-refractivity contribution in [2.45, 2.75) is 6.92 Å². The van der Waals surface area contributed by atoms with Crippen molar-refractivity contribution in [1.29, 1.82) is 0 Å². The smallest absolute Gasteiger partial charge is 0.326 e. The van der Waals surface area contributed by atoms with Crippen molar-refractivity contribution in [3.8, 4) is 11.5 Å². The van der Waals surface area contributed by atoms with Crippen LogP contribution in [-0.4, -0.2) is 31.1 Å². The predicted octanol–water partition coefficient (Wildman–Crippen LogP) is 2.94. The summed E-state index contributed by atoms with van der Waals surface area (Å²) in [6, 6.07) is 11.5. The molecule has 0 radical (unpaired) electrons. The maximum Gasteiger partial charge on any atom is 0.326 e. The fraction of sp³-hybridized carbons (Fsp3) is 0.150. The molecule has 29 heavy (non-hydrogen) atoms. The van der Waals surface area contributed by atoms with E-state index in [2.05, 4.69) is 16.0 Å². The molecule has 1 heterocycles. The quantitative estimate of drug-likeness (QED) is 0.476. The van der Waals surface area contributed by atoms with E-state index in [4.69, 9.17) is 21.1 Å². The molecule has 1 saturated heterocycles. The minimum atomic E-state index is -0.596. The lowest BCUT2D eigenvalue weighted by Gasteiger charge is -2.14. The van der Waals surface area contributed by atoms with Crippen LogP contribution in [0, 0.1) is 0 Å². The van der Waals surface area contributed by atoms with Crippen LogP contribution in [0.2, 0.25) is 5.02 Å². The Labute approximate surface area is 171 Å². The molecule has 0 unspecified atom stereocenters. The molecule has 9 heteroatoms. The fourth-order valence-electron chi connectivity index (χ4n) is 2.58. The highest BCUT2D eigenvalue weighted by atomic mass is 35.5. The summed E-state index contributed by atoms with van der Waals surface area (Å²) in [5.41, 5.74) is 1.26. The van der Waals surface area contributed by atoms with E-state index in [1.165, 1.54) is 6.08 Å². The number of anilines is 1. The third-order valence-electron chi connectivity index (χ3n) is 3.77. The molecule has 8 nitrogen and oxygen atoms in total. The number of ether oxygens (including phenoxy) is 2. The van der Waals surface area contributed by atoms with Gasteiger partial charge >= 0.3 is 6.03 Å². The summed E-state index contributed by atoms with van der Waals surface area (Å²) in [4.78, 5) is 35.0. The largest absolute Gasteiger partial charge is 0.490 e. The number of urea groups is 1. The van der Waals surface area contributed by atoms with Gasteiger partial charge in [-0.3, -0.25) is 14.9 Å². The molecule has 0 aromatic heterocycles. The Kier molecular flexibility index (Phi) is 6.36. The summed E-state index contributed by atoms with van der Waals surface area (Å²) in [6.07, 6.45) is 1.46. The Bertz CT molecular complexity index is 976. The van der Waals surface area contributed by atoms with Crippen LogP contribution in [0.25, 0.3) is 6.08 Å². The van der Waals surface area contributed by atoms with E-state index in [1.54, 1.807) is 43.3 Å². The molecule has 1 aliphatic heterocycles. The van der Waals surface area contributed by atoms with Crippen molar-refractivity contribution in [2.24, 2.45) is 0 Å². The van der Waals surface area contributed by atoms with E-state index in [9.17, 15) is 14.4 Å². The standard InChI is InChI=1S/C20H18ClN3O5/c1-2-28-16-10-12(9-15-19(26)24-20(27)23-15)8-14(21)18(16)29-11-17(25)22-13-6-4-3-5-7-13/h3-10H,2,11H2,1H3,(H,22,25)(H2,23,24,26,27)/b15-9+. The van der Waals surface area contributed by atoms with Crippen LogP contribution in [0.1, 0.15) is 12.5 Å². The second-order valence-corrected chi connectivity index (χ2v) is 6.34. The summed E-state index contributed by atoms with van der Waals surface area (Å²) in [7, 11) is 0. The summed E-state index contributed by atoms with van der Waals surface area (Å²) >= 11 is 6.31. The van der Waals surface area contributed by atoms with E-state index in [-0.39, 0.29) is 29.0 Å². The lowest BCUT2D eigenvalue weighted by molar-refractivity contribution is -0.118. The highest BCUT2D eigenvalue weighted by Crippen LogP contribution is 2.37. The first-order valence-electron chi connectivity index (χ1n) is 8.74. The fourth-order valence-corrected chi connectivity index (χ4v) is 2.85. The zero-order valence-electron chi connectivity index (χ0n) is 15.5. The number of halogens is 1. The molecule has 2 aromatic carbocycles. The number of carbonyl (C=O) groups excluding carboxylic acids is 3. The molecule has 1 fully saturated rings. The Balaban J connectivity index is 1.76. The number of hydrogen-bond donors (Lipinski definition) is 3. The number of benzene rings is 2. The molecular formula is C20H18ClN3O5. The predicted molar refractivity (Wildman–Crippen MR) is 108 cm³/mol. The third kappa shape index (κ3) is 5.26. The van der Waals surface area contributed by atoms with Crippen LogP contribution < -0.4 is 25.4 Å². The van der Waals surface area contributed by atoms with Gasteiger partial charge < -0.3 is 20.1 Å². The summed E-state index contributed by atoms with van der Waals surface area (Å²) in [5.74, 6) is -0.379. The number of nitrogens with one attached hydrogen (secondary N) is 3. The van der Waals surface area contributed by atoms with Crippen LogP contribution in [-0.2, 0) is 9.59 Å². The molecule has 0 aliphatic carbocycles.